The number of amides is 1. The number of carbonyl (C=O) groups is 1. The minimum atomic E-state index is -4.62. The van der Waals surface area contributed by atoms with Gasteiger partial charge in [0.2, 0.25) is 0 Å². The number of hydrogen-bond donors (Lipinski definition) is 2. The van der Waals surface area contributed by atoms with Gasteiger partial charge in [0.1, 0.15) is 0 Å². The second-order valence-corrected chi connectivity index (χ2v) is 5.15. The summed E-state index contributed by atoms with van der Waals surface area (Å²) in [6.45, 7) is 0. The standard InChI is InChI=1S/C13H8BrF4N3O/c14-7-4-9(15)11(20-5-7)21-12(22)8-3-6(13(16,17)18)1-2-10(8)19/h1-5H,19H2,(H,20,21,22). The Balaban J connectivity index is 2.33. The summed E-state index contributed by atoms with van der Waals surface area (Å²) in [7, 11) is 0. The summed E-state index contributed by atoms with van der Waals surface area (Å²) in [4.78, 5) is 15.6. The first kappa shape index (κ1) is 16.2. The van der Waals surface area contributed by atoms with E-state index in [9.17, 15) is 22.4 Å². The minimum absolute atomic E-state index is 0.164. The molecule has 0 saturated carbocycles. The zero-order valence-electron chi connectivity index (χ0n) is 10.7. The fraction of sp³-hybridized carbons (Fsp3) is 0.0769. The quantitative estimate of drug-likeness (QED) is 0.617. The monoisotopic (exact) mass is 377 g/mol. The van der Waals surface area contributed by atoms with Crippen molar-refractivity contribution in [1.29, 1.82) is 0 Å². The molecule has 3 N–H and O–H groups in total. The zero-order valence-corrected chi connectivity index (χ0v) is 12.3. The van der Waals surface area contributed by atoms with Crippen LogP contribution in [0.25, 0.3) is 0 Å². The molecule has 0 saturated heterocycles. The van der Waals surface area contributed by atoms with E-state index in [0.29, 0.717) is 10.5 Å². The number of nitrogens with two attached hydrogens (primary N) is 1. The second kappa shape index (κ2) is 5.91. The van der Waals surface area contributed by atoms with Crippen molar-refractivity contribution in [2.24, 2.45) is 0 Å². The third-order valence-electron chi connectivity index (χ3n) is 2.66. The van der Waals surface area contributed by atoms with Crippen molar-refractivity contribution in [3.63, 3.8) is 0 Å². The lowest BCUT2D eigenvalue weighted by atomic mass is 10.1. The molecule has 2 rings (SSSR count). The predicted octanol–water partition coefficient (Wildman–Crippen LogP) is 3.84. The molecule has 0 atom stereocenters. The van der Waals surface area contributed by atoms with Crippen LogP contribution in [0.3, 0.4) is 0 Å². The van der Waals surface area contributed by atoms with Gasteiger partial charge in [-0.3, -0.25) is 4.79 Å². The van der Waals surface area contributed by atoms with Gasteiger partial charge in [-0.05, 0) is 40.2 Å². The van der Waals surface area contributed by atoms with Crippen LogP contribution in [-0.4, -0.2) is 10.9 Å². The molecule has 0 spiro atoms. The number of carbonyl (C=O) groups excluding carboxylic acids is 1. The number of pyridine rings is 1. The van der Waals surface area contributed by atoms with E-state index in [1.807, 2.05) is 0 Å². The molecule has 2 aromatic rings. The van der Waals surface area contributed by atoms with E-state index >= 15 is 0 Å². The van der Waals surface area contributed by atoms with Gasteiger partial charge in [-0.1, -0.05) is 0 Å². The molecule has 22 heavy (non-hydrogen) atoms. The highest BCUT2D eigenvalue weighted by atomic mass is 79.9. The largest absolute Gasteiger partial charge is 0.416 e. The van der Waals surface area contributed by atoms with Crippen LogP contribution in [0.1, 0.15) is 15.9 Å². The van der Waals surface area contributed by atoms with Crippen molar-refractivity contribution in [3.8, 4) is 0 Å². The number of rotatable bonds is 2. The van der Waals surface area contributed by atoms with Gasteiger partial charge in [0.05, 0.1) is 11.1 Å². The highest BCUT2D eigenvalue weighted by Crippen LogP contribution is 2.31. The van der Waals surface area contributed by atoms with Gasteiger partial charge in [-0.25, -0.2) is 9.37 Å². The van der Waals surface area contributed by atoms with E-state index in [-0.39, 0.29) is 5.69 Å². The van der Waals surface area contributed by atoms with Crippen LogP contribution >= 0.6 is 15.9 Å². The maximum Gasteiger partial charge on any atom is 0.416 e. The Hall–Kier alpha value is -2.16. The van der Waals surface area contributed by atoms with E-state index in [1.165, 1.54) is 6.20 Å². The molecule has 0 unspecified atom stereocenters. The third kappa shape index (κ3) is 3.53. The van der Waals surface area contributed by atoms with Crippen LogP contribution in [0, 0.1) is 5.82 Å². The van der Waals surface area contributed by atoms with Crippen molar-refractivity contribution < 1.29 is 22.4 Å². The van der Waals surface area contributed by atoms with Gasteiger partial charge in [0.15, 0.2) is 11.6 Å². The maximum atomic E-state index is 13.6. The molecule has 9 heteroatoms. The molecule has 0 fully saturated rings. The fourth-order valence-corrected chi connectivity index (χ4v) is 1.91. The number of hydrogen-bond acceptors (Lipinski definition) is 3. The molecule has 0 aliphatic carbocycles. The van der Waals surface area contributed by atoms with Crippen LogP contribution in [0.2, 0.25) is 0 Å². The lowest BCUT2D eigenvalue weighted by Crippen LogP contribution is -2.17. The zero-order chi connectivity index (χ0) is 16.5. The summed E-state index contributed by atoms with van der Waals surface area (Å²) >= 11 is 2.99. The summed E-state index contributed by atoms with van der Waals surface area (Å²) < 4.78 is 51.9. The Morgan fingerprint density at radius 2 is 1.95 bits per heavy atom. The van der Waals surface area contributed by atoms with Crippen molar-refractivity contribution in [3.05, 3.63) is 51.9 Å². The van der Waals surface area contributed by atoms with Crippen molar-refractivity contribution in [2.75, 3.05) is 11.1 Å². The Bertz CT molecular complexity index is 734. The van der Waals surface area contributed by atoms with Gasteiger partial charge < -0.3 is 11.1 Å². The van der Waals surface area contributed by atoms with Crippen molar-refractivity contribution in [1.82, 2.24) is 4.98 Å². The SMILES string of the molecule is Nc1ccc(C(F)(F)F)cc1C(=O)Nc1ncc(Br)cc1F. The van der Waals surface area contributed by atoms with Gasteiger partial charge >= 0.3 is 6.18 Å². The molecular weight excluding hydrogens is 370 g/mol. The molecule has 0 aliphatic rings. The van der Waals surface area contributed by atoms with Gasteiger partial charge in [-0.2, -0.15) is 13.2 Å². The topological polar surface area (TPSA) is 68.0 Å². The second-order valence-electron chi connectivity index (χ2n) is 4.24. The van der Waals surface area contributed by atoms with E-state index in [1.54, 1.807) is 0 Å². The number of aromatic nitrogens is 1. The Morgan fingerprint density at radius 1 is 1.27 bits per heavy atom. The fourth-order valence-electron chi connectivity index (χ4n) is 1.61. The summed E-state index contributed by atoms with van der Waals surface area (Å²) in [5.41, 5.74) is 3.89. The number of nitrogens with one attached hydrogen (secondary N) is 1. The minimum Gasteiger partial charge on any atom is -0.398 e. The van der Waals surface area contributed by atoms with Gasteiger partial charge in [0, 0.05) is 16.4 Å². The summed E-state index contributed by atoms with van der Waals surface area (Å²) in [5, 5.41) is 2.08. The highest BCUT2D eigenvalue weighted by Gasteiger charge is 2.31. The lowest BCUT2D eigenvalue weighted by Gasteiger charge is -2.11. The number of alkyl halides is 3. The molecule has 1 heterocycles. The number of halogens is 5. The van der Waals surface area contributed by atoms with E-state index in [4.69, 9.17) is 5.73 Å². The molecule has 1 aromatic heterocycles. The van der Waals surface area contributed by atoms with Crippen LogP contribution < -0.4 is 11.1 Å². The molecular formula is C13H8BrF4N3O. The van der Waals surface area contributed by atoms with Crippen molar-refractivity contribution >= 4 is 33.3 Å². The van der Waals surface area contributed by atoms with Crippen LogP contribution in [0.5, 0.6) is 0 Å². The molecule has 0 aliphatic heterocycles. The Kier molecular flexibility index (Phi) is 4.36. The molecule has 116 valence electrons. The number of benzene rings is 1. The summed E-state index contributed by atoms with van der Waals surface area (Å²) in [6, 6.07) is 3.37. The average Bonchev–Trinajstić information content (AvgIpc) is 2.41. The number of anilines is 2. The number of nitrogen functional groups attached to an aromatic ring is 1. The summed E-state index contributed by atoms with van der Waals surface area (Å²) in [6.07, 6.45) is -3.39. The third-order valence-corrected chi connectivity index (χ3v) is 3.10. The van der Waals surface area contributed by atoms with E-state index < -0.39 is 34.8 Å². The highest BCUT2D eigenvalue weighted by molar-refractivity contribution is 9.10. The van der Waals surface area contributed by atoms with Gasteiger partial charge in [0.25, 0.3) is 5.91 Å². The first-order valence-electron chi connectivity index (χ1n) is 5.77. The Morgan fingerprint density at radius 3 is 2.55 bits per heavy atom. The molecule has 1 aromatic carbocycles. The average molecular weight is 378 g/mol. The number of nitrogens with zero attached hydrogens (tertiary/aromatic N) is 1. The lowest BCUT2D eigenvalue weighted by molar-refractivity contribution is -0.137. The molecule has 4 nitrogen and oxygen atoms in total. The smallest absolute Gasteiger partial charge is 0.398 e. The molecule has 1 amide bonds. The van der Waals surface area contributed by atoms with Gasteiger partial charge in [-0.15, -0.1) is 0 Å². The molecule has 0 bridgehead atoms. The summed E-state index contributed by atoms with van der Waals surface area (Å²) in [5.74, 6) is -2.24. The Labute approximate surface area is 130 Å². The maximum absolute atomic E-state index is 13.6. The van der Waals surface area contributed by atoms with Crippen molar-refractivity contribution in [2.45, 2.75) is 6.18 Å². The van der Waals surface area contributed by atoms with Crippen LogP contribution in [0.15, 0.2) is 34.9 Å². The first-order valence-corrected chi connectivity index (χ1v) is 6.57. The van der Waals surface area contributed by atoms with E-state index in [2.05, 4.69) is 26.2 Å². The predicted molar refractivity (Wildman–Crippen MR) is 75.7 cm³/mol. The van der Waals surface area contributed by atoms with E-state index in [0.717, 1.165) is 18.2 Å². The van der Waals surface area contributed by atoms with Crippen LogP contribution in [-0.2, 0) is 6.18 Å². The first-order chi connectivity index (χ1) is 10.2. The van der Waals surface area contributed by atoms with Crippen LogP contribution in [0.4, 0.5) is 29.1 Å². The molecule has 0 radical (unpaired) electrons. The normalized spacial score (nSPS) is 11.3.